The lowest BCUT2D eigenvalue weighted by molar-refractivity contribution is 0.401. The maximum Gasteiger partial charge on any atom is 0.217 e. The van der Waals surface area contributed by atoms with Crippen LogP contribution >= 0.6 is 0 Å². The number of aromatic nitrogens is 5. The highest BCUT2D eigenvalue weighted by Gasteiger charge is 2.29. The number of nitrogens with one attached hydrogen (secondary N) is 1. The fourth-order valence-corrected chi connectivity index (χ4v) is 4.45. The normalized spacial score (nSPS) is 15.4. The van der Waals surface area contributed by atoms with Crippen molar-refractivity contribution in [1.82, 2.24) is 29.7 Å². The Morgan fingerprint density at radius 1 is 1.18 bits per heavy atom. The maximum atomic E-state index is 12.4. The summed E-state index contributed by atoms with van der Waals surface area (Å²) in [5, 5.41) is 16.8. The topological polar surface area (TPSA) is 119 Å². The number of benzene rings is 1. The Hall–Kier alpha value is -3.05. The summed E-state index contributed by atoms with van der Waals surface area (Å²) in [6, 6.07) is 11.0. The fourth-order valence-electron chi connectivity index (χ4n) is 3.29. The third-order valence-electron chi connectivity index (χ3n) is 4.80. The van der Waals surface area contributed by atoms with E-state index in [4.69, 9.17) is 4.52 Å². The second-order valence-electron chi connectivity index (χ2n) is 6.83. The molecule has 1 fully saturated rings. The van der Waals surface area contributed by atoms with E-state index in [0.29, 0.717) is 23.5 Å². The van der Waals surface area contributed by atoms with Crippen LogP contribution in [0.5, 0.6) is 0 Å². The van der Waals surface area contributed by atoms with Crippen molar-refractivity contribution < 1.29 is 12.9 Å². The molecular weight excluding hydrogens is 382 g/mol. The maximum absolute atomic E-state index is 12.4. The minimum atomic E-state index is -3.50. The molecule has 3 aromatic heterocycles. The lowest BCUT2D eigenvalue weighted by atomic mass is 10.0. The Kier molecular flexibility index (Phi) is 3.98. The minimum absolute atomic E-state index is 0.202. The Balaban J connectivity index is 1.17. The van der Waals surface area contributed by atoms with Gasteiger partial charge in [0.05, 0.1) is 0 Å². The van der Waals surface area contributed by atoms with Crippen LogP contribution in [0.3, 0.4) is 0 Å². The SMILES string of the molecule is O=S(=O)(Cc1noc2ccccc12)NCC1CN(c2ccc3nncn3n2)C1. The molecule has 0 bridgehead atoms. The van der Waals surface area contributed by atoms with Gasteiger partial charge in [0.2, 0.25) is 10.0 Å². The number of fused-ring (bicyclic) bond motifs is 2. The van der Waals surface area contributed by atoms with Crippen LogP contribution < -0.4 is 9.62 Å². The predicted octanol–water partition coefficient (Wildman–Crippen LogP) is 0.821. The molecule has 0 atom stereocenters. The largest absolute Gasteiger partial charge is 0.356 e. The van der Waals surface area contributed by atoms with E-state index < -0.39 is 10.0 Å². The second kappa shape index (κ2) is 6.53. The summed E-state index contributed by atoms with van der Waals surface area (Å²) in [7, 11) is -3.50. The van der Waals surface area contributed by atoms with Crippen LogP contribution in [-0.2, 0) is 15.8 Å². The highest BCUT2D eigenvalue weighted by Crippen LogP contribution is 2.23. The van der Waals surface area contributed by atoms with E-state index in [0.717, 1.165) is 24.3 Å². The van der Waals surface area contributed by atoms with Gasteiger partial charge in [-0.15, -0.1) is 15.3 Å². The molecule has 4 aromatic rings. The molecular formula is C17H17N7O3S. The lowest BCUT2D eigenvalue weighted by Crippen LogP contribution is -2.52. The Morgan fingerprint density at radius 3 is 2.93 bits per heavy atom. The number of para-hydroxylation sites is 1. The molecule has 1 aromatic carbocycles. The molecule has 10 nitrogen and oxygen atoms in total. The van der Waals surface area contributed by atoms with E-state index >= 15 is 0 Å². The van der Waals surface area contributed by atoms with Crippen molar-refractivity contribution >= 4 is 32.5 Å². The molecule has 0 spiro atoms. The van der Waals surface area contributed by atoms with Gasteiger partial charge >= 0.3 is 0 Å². The summed E-state index contributed by atoms with van der Waals surface area (Å²) < 4.78 is 34.3. The van der Waals surface area contributed by atoms with E-state index in [1.165, 1.54) is 0 Å². The van der Waals surface area contributed by atoms with E-state index in [2.05, 4.69) is 30.1 Å². The van der Waals surface area contributed by atoms with Gasteiger partial charge in [0.15, 0.2) is 11.2 Å². The van der Waals surface area contributed by atoms with Crippen molar-refractivity contribution in [1.29, 1.82) is 0 Å². The molecule has 11 heteroatoms. The number of hydrogen-bond acceptors (Lipinski definition) is 8. The van der Waals surface area contributed by atoms with Gasteiger partial charge in [-0.25, -0.2) is 13.1 Å². The van der Waals surface area contributed by atoms with Gasteiger partial charge < -0.3 is 9.42 Å². The summed E-state index contributed by atoms with van der Waals surface area (Å²) in [6.07, 6.45) is 1.55. The number of nitrogens with zero attached hydrogens (tertiary/aromatic N) is 6. The summed E-state index contributed by atoms with van der Waals surface area (Å²) in [6.45, 7) is 1.84. The van der Waals surface area contributed by atoms with Crippen molar-refractivity contribution in [3.8, 4) is 0 Å². The van der Waals surface area contributed by atoms with E-state index in [1.807, 2.05) is 24.3 Å². The van der Waals surface area contributed by atoms with Crippen LogP contribution in [0.4, 0.5) is 5.82 Å². The Labute approximate surface area is 160 Å². The first-order chi connectivity index (χ1) is 13.6. The van der Waals surface area contributed by atoms with E-state index in [1.54, 1.807) is 23.0 Å². The molecule has 0 unspecified atom stereocenters. The second-order valence-corrected chi connectivity index (χ2v) is 8.64. The van der Waals surface area contributed by atoms with Gasteiger partial charge in [-0.1, -0.05) is 17.3 Å². The van der Waals surface area contributed by atoms with Crippen LogP contribution in [0, 0.1) is 5.92 Å². The molecule has 0 radical (unpaired) electrons. The molecule has 1 aliphatic rings. The van der Waals surface area contributed by atoms with Crippen molar-refractivity contribution in [2.45, 2.75) is 5.75 Å². The van der Waals surface area contributed by atoms with Crippen LogP contribution in [-0.4, -0.2) is 53.0 Å². The molecule has 1 saturated heterocycles. The fraction of sp³-hybridized carbons (Fsp3) is 0.294. The third-order valence-corrected chi connectivity index (χ3v) is 6.06. The van der Waals surface area contributed by atoms with E-state index in [9.17, 15) is 8.42 Å². The Morgan fingerprint density at radius 2 is 2.04 bits per heavy atom. The van der Waals surface area contributed by atoms with Gasteiger partial charge in [0.25, 0.3) is 0 Å². The lowest BCUT2D eigenvalue weighted by Gasteiger charge is -2.40. The summed E-state index contributed by atoms with van der Waals surface area (Å²) in [5.41, 5.74) is 1.69. The average molecular weight is 399 g/mol. The predicted molar refractivity (Wildman–Crippen MR) is 101 cm³/mol. The quantitative estimate of drug-likeness (QED) is 0.506. The van der Waals surface area contributed by atoms with Crippen molar-refractivity contribution in [2.75, 3.05) is 24.5 Å². The van der Waals surface area contributed by atoms with E-state index in [-0.39, 0.29) is 11.7 Å². The molecule has 144 valence electrons. The zero-order valence-corrected chi connectivity index (χ0v) is 15.6. The van der Waals surface area contributed by atoms with Gasteiger partial charge in [0.1, 0.15) is 23.6 Å². The zero-order valence-electron chi connectivity index (χ0n) is 14.8. The first-order valence-electron chi connectivity index (χ1n) is 8.80. The van der Waals surface area contributed by atoms with Crippen LogP contribution in [0.15, 0.2) is 47.2 Å². The third kappa shape index (κ3) is 3.18. The molecule has 0 amide bonds. The standard InChI is InChI=1S/C17H17N7O3S/c25-28(26,10-14-13-3-1-2-4-15(13)27-22-14)19-7-12-8-23(9-12)17-6-5-16-20-18-11-24(16)21-17/h1-6,11-12,19H,7-10H2. The number of anilines is 1. The molecule has 1 aliphatic heterocycles. The van der Waals surface area contributed by atoms with Crippen molar-refractivity contribution in [3.63, 3.8) is 0 Å². The summed E-state index contributed by atoms with van der Waals surface area (Å²) in [4.78, 5) is 2.09. The van der Waals surface area contributed by atoms with Crippen LogP contribution in [0.1, 0.15) is 5.69 Å². The van der Waals surface area contributed by atoms with Crippen LogP contribution in [0.25, 0.3) is 16.6 Å². The Bertz CT molecular complexity index is 1240. The van der Waals surface area contributed by atoms with Gasteiger partial charge in [0, 0.05) is 30.9 Å². The molecule has 4 heterocycles. The summed E-state index contributed by atoms with van der Waals surface area (Å²) >= 11 is 0. The molecule has 1 N–H and O–H groups in total. The monoisotopic (exact) mass is 399 g/mol. The minimum Gasteiger partial charge on any atom is -0.356 e. The van der Waals surface area contributed by atoms with Gasteiger partial charge in [-0.3, -0.25) is 0 Å². The van der Waals surface area contributed by atoms with Crippen LogP contribution in [0.2, 0.25) is 0 Å². The highest BCUT2D eigenvalue weighted by atomic mass is 32.2. The molecule has 0 aliphatic carbocycles. The van der Waals surface area contributed by atoms with Gasteiger partial charge in [-0.05, 0) is 24.3 Å². The molecule has 5 rings (SSSR count). The van der Waals surface area contributed by atoms with Crippen molar-refractivity contribution in [2.24, 2.45) is 5.92 Å². The van der Waals surface area contributed by atoms with Crippen molar-refractivity contribution in [3.05, 3.63) is 48.4 Å². The number of hydrogen-bond donors (Lipinski definition) is 1. The molecule has 0 saturated carbocycles. The first kappa shape index (κ1) is 17.1. The van der Waals surface area contributed by atoms with Gasteiger partial charge in [-0.2, -0.15) is 4.52 Å². The first-order valence-corrected chi connectivity index (χ1v) is 10.5. The number of sulfonamides is 1. The molecule has 28 heavy (non-hydrogen) atoms. The number of rotatable bonds is 6. The summed E-state index contributed by atoms with van der Waals surface area (Å²) in [5.74, 6) is 0.842. The average Bonchev–Trinajstić information content (AvgIpc) is 3.27. The smallest absolute Gasteiger partial charge is 0.217 e. The highest BCUT2D eigenvalue weighted by molar-refractivity contribution is 7.88. The zero-order chi connectivity index (χ0) is 19.1.